The number of ether oxygens (including phenoxy) is 2. The van der Waals surface area contributed by atoms with Crippen molar-refractivity contribution in [2.45, 2.75) is 28.7 Å². The third kappa shape index (κ3) is 5.46. The molecule has 0 aliphatic heterocycles. The monoisotopic (exact) mass is 496 g/mol. The Hall–Kier alpha value is -2.81. The van der Waals surface area contributed by atoms with Crippen LogP contribution in [0.25, 0.3) is 0 Å². The van der Waals surface area contributed by atoms with E-state index < -0.39 is 0 Å². The highest BCUT2D eigenvalue weighted by Gasteiger charge is 2.34. The molecule has 0 fully saturated rings. The van der Waals surface area contributed by atoms with E-state index in [9.17, 15) is 10.0 Å². The maximum Gasteiger partial charge on any atom is 0.261 e. The zero-order chi connectivity index (χ0) is 23.9. The van der Waals surface area contributed by atoms with Crippen molar-refractivity contribution in [3.8, 4) is 5.75 Å². The maximum atomic E-state index is 13.1. The molecule has 2 aromatic carbocycles. The summed E-state index contributed by atoms with van der Waals surface area (Å²) in [7, 11) is 3.26. The van der Waals surface area contributed by atoms with Gasteiger partial charge in [-0.2, -0.15) is 0 Å². The van der Waals surface area contributed by atoms with Crippen LogP contribution in [0.4, 0.5) is 0 Å². The Kier molecular flexibility index (Phi) is 8.26. The van der Waals surface area contributed by atoms with Gasteiger partial charge in [-0.1, -0.05) is 47.6 Å². The molecule has 0 saturated heterocycles. The molecule has 1 amide bonds. The average Bonchev–Trinajstić information content (AvgIpc) is 3.26. The molecule has 1 aromatic heterocycles. The van der Waals surface area contributed by atoms with E-state index in [4.69, 9.17) is 9.47 Å². The lowest BCUT2D eigenvalue weighted by Crippen LogP contribution is -2.28. The topological polar surface area (TPSA) is 80.2 Å². The number of methoxy groups -OCH3 is 2. The fourth-order valence-corrected chi connectivity index (χ4v) is 6.68. The summed E-state index contributed by atoms with van der Waals surface area (Å²) in [5.41, 5.74) is 4.83. The molecule has 1 aliphatic rings. The predicted octanol–water partition coefficient (Wildman–Crippen LogP) is 5.33. The Morgan fingerprint density at radius 2 is 1.91 bits per heavy atom. The summed E-state index contributed by atoms with van der Waals surface area (Å²) in [6, 6.07) is 18.2. The van der Waals surface area contributed by atoms with Gasteiger partial charge in [-0.05, 0) is 41.2 Å². The molecular weight excluding hydrogens is 468 g/mol. The van der Waals surface area contributed by atoms with Crippen LogP contribution >= 0.6 is 23.1 Å². The van der Waals surface area contributed by atoms with E-state index in [1.54, 1.807) is 26.0 Å². The summed E-state index contributed by atoms with van der Waals surface area (Å²) in [5, 5.41) is 16.6. The molecule has 3 aromatic rings. The molecule has 1 unspecified atom stereocenters. The Morgan fingerprint density at radius 1 is 1.15 bits per heavy atom. The second-order valence-electron chi connectivity index (χ2n) is 8.02. The Labute approximate surface area is 208 Å². The third-order valence-electron chi connectivity index (χ3n) is 5.87. The van der Waals surface area contributed by atoms with Gasteiger partial charge >= 0.3 is 0 Å². The number of carbonyl (C=O) groups is 1. The van der Waals surface area contributed by atoms with Gasteiger partial charge in [-0.25, -0.2) is 0 Å². The zero-order valence-corrected chi connectivity index (χ0v) is 20.9. The SMILES string of the molecule is COCCNC(=O)c1sc(SCc2ccccc2)c2c1CC(c1ccc(OC)cc1)C/C2=N\O. The highest BCUT2D eigenvalue weighted by Crippen LogP contribution is 2.45. The highest BCUT2D eigenvalue weighted by atomic mass is 32.2. The van der Waals surface area contributed by atoms with E-state index in [-0.39, 0.29) is 11.8 Å². The van der Waals surface area contributed by atoms with Gasteiger partial charge in [0, 0.05) is 31.4 Å². The van der Waals surface area contributed by atoms with E-state index >= 15 is 0 Å². The minimum Gasteiger partial charge on any atom is -0.497 e. The van der Waals surface area contributed by atoms with Crippen LogP contribution in [0.1, 0.15) is 44.3 Å². The molecule has 0 spiro atoms. The number of benzene rings is 2. The van der Waals surface area contributed by atoms with Gasteiger partial charge in [-0.15, -0.1) is 23.1 Å². The first-order valence-electron chi connectivity index (χ1n) is 11.1. The molecule has 6 nitrogen and oxygen atoms in total. The fraction of sp³-hybridized carbons (Fsp3) is 0.308. The maximum absolute atomic E-state index is 13.1. The Balaban J connectivity index is 1.68. The van der Waals surface area contributed by atoms with Gasteiger partial charge in [0.25, 0.3) is 5.91 Å². The van der Waals surface area contributed by atoms with E-state index in [2.05, 4.69) is 22.6 Å². The number of carbonyl (C=O) groups excluding carboxylic acids is 1. The lowest BCUT2D eigenvalue weighted by molar-refractivity contribution is 0.0940. The van der Waals surface area contributed by atoms with Crippen LogP contribution in [0.5, 0.6) is 5.75 Å². The minimum atomic E-state index is -0.113. The Bertz CT molecular complexity index is 1140. The lowest BCUT2D eigenvalue weighted by Gasteiger charge is -2.25. The predicted molar refractivity (Wildman–Crippen MR) is 137 cm³/mol. The molecule has 1 heterocycles. The molecule has 2 N–H and O–H groups in total. The standard InChI is InChI=1S/C26H28N2O4S2/c1-31-13-12-27-25(29)24-21-14-19(18-8-10-20(32-2)11-9-18)15-22(28-30)23(21)26(34-24)33-16-17-6-4-3-5-7-17/h3-11,19,30H,12-16H2,1-2H3,(H,27,29)/b28-22+. The van der Waals surface area contributed by atoms with Crippen molar-refractivity contribution < 1.29 is 19.5 Å². The molecular formula is C26H28N2O4S2. The van der Waals surface area contributed by atoms with Gasteiger partial charge in [0.1, 0.15) is 5.75 Å². The van der Waals surface area contributed by atoms with E-state index in [1.165, 1.54) is 16.9 Å². The molecule has 0 bridgehead atoms. The lowest BCUT2D eigenvalue weighted by atomic mass is 9.80. The van der Waals surface area contributed by atoms with Crippen molar-refractivity contribution in [1.82, 2.24) is 5.32 Å². The second kappa shape index (κ2) is 11.6. The van der Waals surface area contributed by atoms with Crippen LogP contribution in [-0.4, -0.2) is 44.2 Å². The summed E-state index contributed by atoms with van der Waals surface area (Å²) in [6.45, 7) is 0.893. The molecule has 178 valence electrons. The van der Waals surface area contributed by atoms with Crippen molar-refractivity contribution in [1.29, 1.82) is 0 Å². The van der Waals surface area contributed by atoms with Crippen molar-refractivity contribution in [2.75, 3.05) is 27.4 Å². The fourth-order valence-electron chi connectivity index (χ4n) is 4.14. The molecule has 0 radical (unpaired) electrons. The summed E-state index contributed by atoms with van der Waals surface area (Å²) < 4.78 is 11.4. The first kappa shape index (κ1) is 24.3. The number of rotatable bonds is 9. The number of hydrogen-bond acceptors (Lipinski definition) is 7. The molecule has 1 atom stereocenters. The zero-order valence-electron chi connectivity index (χ0n) is 19.2. The van der Waals surface area contributed by atoms with Crippen LogP contribution in [0.3, 0.4) is 0 Å². The van der Waals surface area contributed by atoms with Crippen molar-refractivity contribution in [3.05, 3.63) is 81.7 Å². The summed E-state index contributed by atoms with van der Waals surface area (Å²) >= 11 is 3.16. The van der Waals surface area contributed by atoms with Gasteiger partial charge in [-0.3, -0.25) is 4.79 Å². The smallest absolute Gasteiger partial charge is 0.261 e. The van der Waals surface area contributed by atoms with Gasteiger partial charge < -0.3 is 20.0 Å². The summed E-state index contributed by atoms with van der Waals surface area (Å²) in [4.78, 5) is 13.8. The minimum absolute atomic E-state index is 0.108. The normalized spacial score (nSPS) is 16.3. The van der Waals surface area contributed by atoms with E-state index in [1.807, 2.05) is 42.5 Å². The molecule has 0 saturated carbocycles. The second-order valence-corrected chi connectivity index (χ2v) is 10.3. The number of nitrogens with zero attached hydrogens (tertiary/aromatic N) is 1. The molecule has 4 rings (SSSR count). The number of nitrogens with one attached hydrogen (secondary N) is 1. The van der Waals surface area contributed by atoms with Crippen LogP contribution in [0.15, 0.2) is 64.0 Å². The van der Waals surface area contributed by atoms with Crippen molar-refractivity contribution >= 4 is 34.7 Å². The summed E-state index contributed by atoms with van der Waals surface area (Å²) in [6.07, 6.45) is 1.31. The number of amides is 1. The van der Waals surface area contributed by atoms with Gasteiger partial charge in [0.2, 0.25) is 0 Å². The van der Waals surface area contributed by atoms with Crippen LogP contribution < -0.4 is 10.1 Å². The van der Waals surface area contributed by atoms with Gasteiger partial charge in [0.05, 0.1) is 28.5 Å². The van der Waals surface area contributed by atoms with Crippen molar-refractivity contribution in [2.24, 2.45) is 5.16 Å². The van der Waals surface area contributed by atoms with E-state index in [0.717, 1.165) is 32.4 Å². The number of fused-ring (bicyclic) bond motifs is 1. The number of thiophene rings is 1. The highest BCUT2D eigenvalue weighted by molar-refractivity contribution is 8.00. The Morgan fingerprint density at radius 3 is 2.59 bits per heavy atom. The molecule has 34 heavy (non-hydrogen) atoms. The van der Waals surface area contributed by atoms with E-state index in [0.29, 0.717) is 36.6 Å². The first-order valence-corrected chi connectivity index (χ1v) is 12.9. The molecule has 1 aliphatic carbocycles. The van der Waals surface area contributed by atoms with Crippen LogP contribution in [0.2, 0.25) is 0 Å². The van der Waals surface area contributed by atoms with Crippen molar-refractivity contribution in [3.63, 3.8) is 0 Å². The average molecular weight is 497 g/mol. The van der Waals surface area contributed by atoms with Gasteiger partial charge in [0.15, 0.2) is 0 Å². The largest absolute Gasteiger partial charge is 0.497 e. The van der Waals surface area contributed by atoms with Crippen LogP contribution in [0, 0.1) is 0 Å². The number of thioether (sulfide) groups is 1. The third-order valence-corrected chi connectivity index (χ3v) is 8.45. The number of hydrogen-bond donors (Lipinski definition) is 2. The molecule has 8 heteroatoms. The quantitative estimate of drug-likeness (QED) is 0.181. The number of oxime groups is 1. The summed E-state index contributed by atoms with van der Waals surface area (Å²) in [5.74, 6) is 1.57. The van der Waals surface area contributed by atoms with Crippen LogP contribution in [-0.2, 0) is 16.9 Å². The first-order chi connectivity index (χ1) is 16.6.